The molecule has 1 saturated heterocycles. The molecule has 0 radical (unpaired) electrons. The van der Waals surface area contributed by atoms with Crippen molar-refractivity contribution in [1.82, 2.24) is 34.8 Å². The largest absolute Gasteiger partial charge is 0.346 e. The molecule has 0 saturated carbocycles. The molecule has 1 rings (SSSR count). The number of carbonyl (C=O) groups excluding carboxylic acids is 5. The summed E-state index contributed by atoms with van der Waals surface area (Å²) in [6.07, 6.45) is 3.43. The topological polar surface area (TPSA) is 177 Å². The first-order chi connectivity index (χ1) is 22.4. The number of Topliss-reactive ketones (excluding diaryl/α,β-unsaturated/α-hetero) is 1. The first-order valence-electron chi connectivity index (χ1n) is 17.1. The molecule has 0 aromatic heterocycles. The molecule has 0 bridgehead atoms. The number of ketones is 1. The van der Waals surface area contributed by atoms with E-state index in [4.69, 9.17) is 0 Å². The maximum atomic E-state index is 14.4. The molecule has 1 aliphatic rings. The number of urea groups is 1. The predicted molar refractivity (Wildman–Crippen MR) is 192 cm³/mol. The molecule has 0 aliphatic carbocycles. The van der Waals surface area contributed by atoms with Gasteiger partial charge in [0.25, 0.3) is 16.1 Å². The van der Waals surface area contributed by atoms with Crippen LogP contribution in [-0.2, 0) is 29.4 Å². The van der Waals surface area contributed by atoms with Gasteiger partial charge in [-0.05, 0) is 35.5 Å². The quantitative estimate of drug-likeness (QED) is 0.132. The lowest BCUT2D eigenvalue weighted by Gasteiger charge is -2.38. The molecular weight excluding hydrogens is 650 g/mol. The van der Waals surface area contributed by atoms with Gasteiger partial charge in [-0.25, -0.2) is 4.79 Å². The summed E-state index contributed by atoms with van der Waals surface area (Å²) in [5, 5.41) is 11.0. The van der Waals surface area contributed by atoms with Crippen LogP contribution in [0.15, 0.2) is 12.7 Å². The molecule has 4 N–H and O–H groups in total. The fourth-order valence-corrected chi connectivity index (χ4v) is 6.41. The van der Waals surface area contributed by atoms with E-state index in [-0.39, 0.29) is 37.9 Å². The lowest BCUT2D eigenvalue weighted by atomic mass is 9.85. The molecule has 5 amide bonds. The number of unbranched alkanes of at least 4 members (excludes halogenated alkanes) is 1. The predicted octanol–water partition coefficient (Wildman–Crippen LogP) is 2.27. The van der Waals surface area contributed by atoms with Crippen molar-refractivity contribution in [3.05, 3.63) is 12.7 Å². The van der Waals surface area contributed by atoms with E-state index < -0.39 is 74.7 Å². The molecule has 282 valence electrons. The van der Waals surface area contributed by atoms with Crippen LogP contribution >= 0.6 is 0 Å². The summed E-state index contributed by atoms with van der Waals surface area (Å²) >= 11 is 0. The summed E-state index contributed by atoms with van der Waals surface area (Å²) in [5.74, 6) is -2.44. The molecule has 5 atom stereocenters. The van der Waals surface area contributed by atoms with Crippen molar-refractivity contribution in [3.63, 3.8) is 0 Å². The van der Waals surface area contributed by atoms with Gasteiger partial charge in [0.2, 0.25) is 17.6 Å². The molecule has 14 nitrogen and oxygen atoms in total. The Morgan fingerprint density at radius 3 is 2.02 bits per heavy atom. The summed E-state index contributed by atoms with van der Waals surface area (Å²) in [6.45, 7) is 20.9. The third-order valence-corrected chi connectivity index (χ3v) is 10.9. The van der Waals surface area contributed by atoms with Crippen LogP contribution in [-0.4, -0.2) is 116 Å². The van der Waals surface area contributed by atoms with Gasteiger partial charge in [-0.2, -0.15) is 17.0 Å². The Hall–Kier alpha value is -3.04. The van der Waals surface area contributed by atoms with Crippen molar-refractivity contribution in [2.75, 3.05) is 40.8 Å². The second-order valence-electron chi connectivity index (χ2n) is 15.7. The Balaban J connectivity index is 3.36. The van der Waals surface area contributed by atoms with Gasteiger partial charge in [0.15, 0.2) is 0 Å². The Bertz CT molecular complexity index is 1290. The van der Waals surface area contributed by atoms with E-state index in [0.29, 0.717) is 12.8 Å². The highest BCUT2D eigenvalue weighted by molar-refractivity contribution is 7.86. The van der Waals surface area contributed by atoms with Crippen LogP contribution in [0.3, 0.4) is 0 Å². The van der Waals surface area contributed by atoms with Gasteiger partial charge in [0, 0.05) is 46.8 Å². The molecule has 0 aromatic rings. The van der Waals surface area contributed by atoms with Crippen molar-refractivity contribution < 1.29 is 32.4 Å². The summed E-state index contributed by atoms with van der Waals surface area (Å²) in [4.78, 5) is 68.8. The fourth-order valence-electron chi connectivity index (χ4n) is 5.51. The van der Waals surface area contributed by atoms with E-state index in [0.717, 1.165) is 15.0 Å². The first-order valence-corrected chi connectivity index (χ1v) is 18.5. The second-order valence-corrected chi connectivity index (χ2v) is 18.0. The zero-order valence-electron chi connectivity index (χ0n) is 31.8. The van der Waals surface area contributed by atoms with Gasteiger partial charge in [-0.3, -0.25) is 19.2 Å². The number of nitrogens with one attached hydrogen (secondary N) is 4. The van der Waals surface area contributed by atoms with E-state index in [1.165, 1.54) is 32.1 Å². The van der Waals surface area contributed by atoms with Crippen LogP contribution in [0, 0.1) is 22.7 Å². The van der Waals surface area contributed by atoms with Gasteiger partial charge in [0.05, 0.1) is 6.04 Å². The van der Waals surface area contributed by atoms with E-state index in [1.807, 2.05) is 41.5 Å². The van der Waals surface area contributed by atoms with Crippen LogP contribution in [0.2, 0.25) is 0 Å². The summed E-state index contributed by atoms with van der Waals surface area (Å²) in [5.41, 5.74) is -1.33. The lowest BCUT2D eigenvalue weighted by Crippen LogP contribution is -2.62. The number of amides is 5. The Morgan fingerprint density at radius 1 is 0.959 bits per heavy atom. The van der Waals surface area contributed by atoms with Crippen LogP contribution in [0.5, 0.6) is 0 Å². The van der Waals surface area contributed by atoms with Gasteiger partial charge >= 0.3 is 6.03 Å². The van der Waals surface area contributed by atoms with Crippen LogP contribution in [0.25, 0.3) is 0 Å². The summed E-state index contributed by atoms with van der Waals surface area (Å²) < 4.78 is 27.7. The monoisotopic (exact) mass is 713 g/mol. The summed E-state index contributed by atoms with van der Waals surface area (Å²) in [7, 11) is 0.549. The number of likely N-dealkylation sites (N-methyl/N-ethyl adjacent to an activating group) is 1. The van der Waals surface area contributed by atoms with Gasteiger partial charge < -0.3 is 26.2 Å². The Kier molecular flexibility index (Phi) is 16.4. The number of rotatable bonds is 17. The average Bonchev–Trinajstić information content (AvgIpc) is 3.44. The average molecular weight is 714 g/mol. The van der Waals surface area contributed by atoms with Gasteiger partial charge in [0.1, 0.15) is 12.1 Å². The van der Waals surface area contributed by atoms with Crippen LogP contribution < -0.4 is 21.3 Å². The van der Waals surface area contributed by atoms with Crippen LogP contribution in [0.4, 0.5) is 4.79 Å². The summed E-state index contributed by atoms with van der Waals surface area (Å²) in [6, 6.07) is -4.31. The third kappa shape index (κ3) is 12.7. The Morgan fingerprint density at radius 2 is 1.55 bits per heavy atom. The number of hydrogen-bond donors (Lipinski definition) is 4. The number of carbonyl (C=O) groups is 5. The van der Waals surface area contributed by atoms with Crippen molar-refractivity contribution in [2.24, 2.45) is 22.7 Å². The highest BCUT2D eigenvalue weighted by atomic mass is 32.2. The fraction of sp³-hybridized carbons (Fsp3) is 0.794. The second kappa shape index (κ2) is 18.3. The maximum Gasteiger partial charge on any atom is 0.315 e. The minimum atomic E-state index is -3.75. The molecule has 15 heteroatoms. The molecule has 1 aliphatic heterocycles. The maximum absolute atomic E-state index is 14.4. The zero-order valence-corrected chi connectivity index (χ0v) is 32.6. The van der Waals surface area contributed by atoms with E-state index >= 15 is 0 Å². The zero-order chi connectivity index (χ0) is 38.1. The first kappa shape index (κ1) is 44.0. The molecule has 1 fully saturated rings. The smallest absolute Gasteiger partial charge is 0.315 e. The lowest BCUT2D eigenvalue weighted by molar-refractivity contribution is -0.143. The van der Waals surface area contributed by atoms with E-state index in [1.54, 1.807) is 20.8 Å². The molecule has 0 spiro atoms. The molecule has 49 heavy (non-hydrogen) atoms. The SMILES string of the molecule is C=CCNC(=O)C(=O)C(CCCC)NC(=O)C1CC(C(C)C)CN1C(=O)[C@H](NC(=O)N[C@H](CN(C)S(=O)(=O)N(C)C)C(C)(C)C)C(C)(C)C. The number of hydrogen-bond acceptors (Lipinski definition) is 7. The van der Waals surface area contributed by atoms with Crippen molar-refractivity contribution in [1.29, 1.82) is 0 Å². The molecule has 0 aromatic carbocycles. The molecule has 3 unspecified atom stereocenters. The molecular formula is C34H63N7O7S. The number of likely N-dealkylation sites (tertiary alicyclic amines) is 1. The normalized spacial score (nSPS) is 19.0. The minimum Gasteiger partial charge on any atom is -0.346 e. The van der Waals surface area contributed by atoms with Crippen molar-refractivity contribution in [2.45, 2.75) is 112 Å². The number of nitrogens with zero attached hydrogens (tertiary/aromatic N) is 3. The van der Waals surface area contributed by atoms with Gasteiger partial charge in [-0.1, -0.05) is 81.2 Å². The van der Waals surface area contributed by atoms with E-state index in [9.17, 15) is 32.4 Å². The van der Waals surface area contributed by atoms with Gasteiger partial charge in [-0.15, -0.1) is 6.58 Å². The van der Waals surface area contributed by atoms with E-state index in [2.05, 4.69) is 27.8 Å². The highest BCUT2D eigenvalue weighted by Crippen LogP contribution is 2.32. The van der Waals surface area contributed by atoms with Crippen molar-refractivity contribution >= 4 is 39.7 Å². The van der Waals surface area contributed by atoms with Crippen LogP contribution in [0.1, 0.15) is 88.0 Å². The standard InChI is InChI=1S/C34H63N7O7S/c1-14-16-17-24(27(42)30(44)35-18-15-2)36-29(43)25-19-23(22(3)4)20-41(25)31(45)28(34(8,9)10)38-32(46)37-26(33(5,6)7)21-40(13)49(47,48)39(11)12/h15,22-26,28H,2,14,16-21H2,1,3-13H3,(H,35,44)(H,36,43)(H2,37,38,46)/t23?,24?,25?,26-,28+/m1/s1. The van der Waals surface area contributed by atoms with Crippen molar-refractivity contribution in [3.8, 4) is 0 Å². The molecule has 1 heterocycles. The minimum absolute atomic E-state index is 0.0144. The highest BCUT2D eigenvalue weighted by Gasteiger charge is 2.46. The Labute approximate surface area is 294 Å². The third-order valence-electron chi connectivity index (χ3n) is 9.01.